The number of hydrogen-bond acceptors (Lipinski definition) is 0. The minimum absolute atomic E-state index is 0.115. The summed E-state index contributed by atoms with van der Waals surface area (Å²) >= 11 is 0. The van der Waals surface area contributed by atoms with Crippen LogP contribution in [0.3, 0.4) is 0 Å². The van der Waals surface area contributed by atoms with Gasteiger partial charge in [0.1, 0.15) is 5.82 Å². The molecule has 4 rings (SSSR count). The van der Waals surface area contributed by atoms with Crippen LogP contribution in [0.2, 0.25) is 0 Å². The maximum Gasteiger partial charge on any atom is 0.123 e. The Kier molecular flexibility index (Phi) is 2.82. The first-order valence-electron chi connectivity index (χ1n) is 7.63. The first-order valence-corrected chi connectivity index (χ1v) is 7.63. The Balaban J connectivity index is 1.87. The molecule has 0 heterocycles. The average molecular weight is 260 g/mol. The zero-order chi connectivity index (χ0) is 13.7. The van der Waals surface area contributed by atoms with E-state index in [2.05, 4.69) is 20.8 Å². The molecule has 1 aromatic rings. The zero-order valence-electron chi connectivity index (χ0n) is 12.4. The largest absolute Gasteiger partial charge is 0.207 e. The molecule has 19 heavy (non-hydrogen) atoms. The van der Waals surface area contributed by atoms with Gasteiger partial charge in [-0.25, -0.2) is 4.39 Å². The van der Waals surface area contributed by atoms with Crippen LogP contribution >= 0.6 is 0 Å². The molecule has 0 unspecified atom stereocenters. The summed E-state index contributed by atoms with van der Waals surface area (Å²) in [6, 6.07) is 7.30. The van der Waals surface area contributed by atoms with Crippen molar-refractivity contribution in [3.8, 4) is 0 Å². The molecular formula is C18H25F. The standard InChI is InChI=1S/C18H25F/c1-16(2,3)18-11-8-17(9-12-18,10-13-18)14-4-6-15(19)7-5-14/h4-7H,8-13H2,1-3H3. The SMILES string of the molecule is CC(C)(C)C12CCC(c3ccc(F)cc3)(CC1)CC2. The molecule has 2 bridgehead atoms. The van der Waals surface area contributed by atoms with E-state index in [-0.39, 0.29) is 5.82 Å². The van der Waals surface area contributed by atoms with Gasteiger partial charge < -0.3 is 0 Å². The van der Waals surface area contributed by atoms with Gasteiger partial charge in [0.15, 0.2) is 0 Å². The minimum atomic E-state index is -0.115. The lowest BCUT2D eigenvalue weighted by atomic mass is 9.46. The van der Waals surface area contributed by atoms with Crippen LogP contribution in [0.1, 0.15) is 64.9 Å². The van der Waals surface area contributed by atoms with Crippen molar-refractivity contribution in [2.45, 2.75) is 64.7 Å². The normalized spacial score (nSPS) is 34.5. The average Bonchev–Trinajstić information content (AvgIpc) is 2.40. The monoisotopic (exact) mass is 260 g/mol. The summed E-state index contributed by atoms with van der Waals surface area (Å²) in [5.41, 5.74) is 2.69. The van der Waals surface area contributed by atoms with Crippen LogP contribution < -0.4 is 0 Å². The van der Waals surface area contributed by atoms with Crippen LogP contribution in [0.15, 0.2) is 24.3 Å². The fourth-order valence-electron chi connectivity index (χ4n) is 4.55. The maximum atomic E-state index is 13.1. The van der Waals surface area contributed by atoms with E-state index in [1.54, 1.807) is 12.1 Å². The lowest BCUT2D eigenvalue weighted by molar-refractivity contribution is -0.0461. The van der Waals surface area contributed by atoms with Crippen molar-refractivity contribution in [1.82, 2.24) is 0 Å². The number of fused-ring (bicyclic) bond motifs is 3. The van der Waals surface area contributed by atoms with E-state index >= 15 is 0 Å². The van der Waals surface area contributed by atoms with Crippen molar-refractivity contribution >= 4 is 0 Å². The Morgan fingerprint density at radius 2 is 1.32 bits per heavy atom. The first-order chi connectivity index (χ1) is 8.87. The van der Waals surface area contributed by atoms with E-state index in [4.69, 9.17) is 0 Å². The molecule has 0 saturated heterocycles. The highest BCUT2D eigenvalue weighted by molar-refractivity contribution is 5.29. The number of benzene rings is 1. The molecular weight excluding hydrogens is 235 g/mol. The zero-order valence-corrected chi connectivity index (χ0v) is 12.4. The van der Waals surface area contributed by atoms with Gasteiger partial charge in [0, 0.05) is 0 Å². The Labute approximate surface area is 116 Å². The van der Waals surface area contributed by atoms with Gasteiger partial charge in [-0.15, -0.1) is 0 Å². The third-order valence-corrected chi connectivity index (χ3v) is 6.29. The molecule has 0 nitrogen and oxygen atoms in total. The van der Waals surface area contributed by atoms with Gasteiger partial charge in [0.2, 0.25) is 0 Å². The molecule has 1 aromatic carbocycles. The molecule has 0 N–H and O–H groups in total. The van der Waals surface area contributed by atoms with Crippen molar-refractivity contribution in [3.05, 3.63) is 35.6 Å². The molecule has 3 aliphatic rings. The molecule has 3 saturated carbocycles. The fourth-order valence-corrected chi connectivity index (χ4v) is 4.55. The van der Waals surface area contributed by atoms with Gasteiger partial charge >= 0.3 is 0 Å². The molecule has 0 aliphatic heterocycles. The van der Waals surface area contributed by atoms with Crippen LogP contribution in [0.4, 0.5) is 4.39 Å². The molecule has 0 spiro atoms. The highest BCUT2D eigenvalue weighted by Crippen LogP contribution is 2.63. The molecule has 0 atom stereocenters. The predicted molar refractivity (Wildman–Crippen MR) is 77.7 cm³/mol. The molecule has 1 heteroatoms. The van der Waals surface area contributed by atoms with Crippen LogP contribution in [0.25, 0.3) is 0 Å². The van der Waals surface area contributed by atoms with E-state index in [9.17, 15) is 4.39 Å². The second-order valence-electron chi connectivity index (χ2n) is 7.82. The highest BCUT2D eigenvalue weighted by atomic mass is 19.1. The Hall–Kier alpha value is -0.850. The van der Waals surface area contributed by atoms with Gasteiger partial charge in [0.05, 0.1) is 0 Å². The van der Waals surface area contributed by atoms with E-state index in [0.717, 1.165) is 0 Å². The lowest BCUT2D eigenvalue weighted by Crippen LogP contribution is -2.49. The summed E-state index contributed by atoms with van der Waals surface area (Å²) in [5.74, 6) is -0.115. The highest BCUT2D eigenvalue weighted by Gasteiger charge is 2.53. The maximum absolute atomic E-state index is 13.1. The fraction of sp³-hybridized carbons (Fsp3) is 0.667. The molecule has 0 aromatic heterocycles. The predicted octanol–water partition coefficient (Wildman–Crippen LogP) is 5.46. The molecule has 0 amide bonds. The number of rotatable bonds is 1. The van der Waals surface area contributed by atoms with Gasteiger partial charge in [-0.2, -0.15) is 0 Å². The van der Waals surface area contributed by atoms with Crippen LogP contribution in [-0.4, -0.2) is 0 Å². The van der Waals surface area contributed by atoms with Crippen LogP contribution in [0, 0.1) is 16.6 Å². The Morgan fingerprint density at radius 3 is 1.74 bits per heavy atom. The van der Waals surface area contributed by atoms with Gasteiger partial charge in [-0.1, -0.05) is 32.9 Å². The van der Waals surface area contributed by atoms with E-state index in [1.807, 2.05) is 12.1 Å². The van der Waals surface area contributed by atoms with Crippen molar-refractivity contribution in [2.24, 2.45) is 10.8 Å². The van der Waals surface area contributed by atoms with Crippen molar-refractivity contribution in [2.75, 3.05) is 0 Å². The smallest absolute Gasteiger partial charge is 0.123 e. The minimum Gasteiger partial charge on any atom is -0.207 e. The van der Waals surface area contributed by atoms with E-state index in [1.165, 1.54) is 44.1 Å². The summed E-state index contributed by atoms with van der Waals surface area (Å²) < 4.78 is 13.1. The Morgan fingerprint density at radius 1 is 0.842 bits per heavy atom. The summed E-state index contributed by atoms with van der Waals surface area (Å²) in [5, 5.41) is 0. The quantitative estimate of drug-likeness (QED) is 0.628. The second-order valence-corrected chi connectivity index (χ2v) is 7.82. The summed E-state index contributed by atoms with van der Waals surface area (Å²) in [7, 11) is 0. The second kappa shape index (κ2) is 4.07. The van der Waals surface area contributed by atoms with Crippen molar-refractivity contribution in [1.29, 1.82) is 0 Å². The first kappa shape index (κ1) is 13.1. The summed E-state index contributed by atoms with van der Waals surface area (Å²) in [6.45, 7) is 7.22. The third kappa shape index (κ3) is 1.93. The van der Waals surface area contributed by atoms with E-state index in [0.29, 0.717) is 16.2 Å². The summed E-state index contributed by atoms with van der Waals surface area (Å²) in [6.07, 6.45) is 7.89. The number of halogens is 1. The Bertz CT molecular complexity index is 439. The molecule has 0 radical (unpaired) electrons. The van der Waals surface area contributed by atoms with Gasteiger partial charge in [-0.3, -0.25) is 0 Å². The molecule has 3 aliphatic carbocycles. The summed E-state index contributed by atoms with van der Waals surface area (Å²) in [4.78, 5) is 0. The third-order valence-electron chi connectivity index (χ3n) is 6.29. The van der Waals surface area contributed by atoms with E-state index < -0.39 is 0 Å². The number of hydrogen-bond donors (Lipinski definition) is 0. The lowest BCUT2D eigenvalue weighted by Gasteiger charge is -2.59. The van der Waals surface area contributed by atoms with Crippen molar-refractivity contribution < 1.29 is 4.39 Å². The molecule has 104 valence electrons. The topological polar surface area (TPSA) is 0 Å². The van der Waals surface area contributed by atoms with Crippen LogP contribution in [-0.2, 0) is 5.41 Å². The van der Waals surface area contributed by atoms with Gasteiger partial charge in [-0.05, 0) is 72.5 Å². The van der Waals surface area contributed by atoms with Crippen molar-refractivity contribution in [3.63, 3.8) is 0 Å². The molecule has 3 fully saturated rings. The van der Waals surface area contributed by atoms with Gasteiger partial charge in [0.25, 0.3) is 0 Å². The van der Waals surface area contributed by atoms with Crippen LogP contribution in [0.5, 0.6) is 0 Å².